The number of nitrogens with one attached hydrogen (secondary N) is 2. The van der Waals surface area contributed by atoms with Crippen molar-refractivity contribution in [1.82, 2.24) is 0 Å². The number of rotatable bonds is 5. The van der Waals surface area contributed by atoms with Crippen LogP contribution in [-0.4, -0.2) is 25.1 Å². The zero-order valence-corrected chi connectivity index (χ0v) is 12.9. The molecule has 0 saturated heterocycles. The zero-order chi connectivity index (χ0) is 16.7. The molecule has 0 fully saturated rings. The van der Waals surface area contributed by atoms with Gasteiger partial charge in [0.05, 0.1) is 6.21 Å². The van der Waals surface area contributed by atoms with Gasteiger partial charge in [-0.1, -0.05) is 23.4 Å². The van der Waals surface area contributed by atoms with Crippen LogP contribution in [0.25, 0.3) is 0 Å². The van der Waals surface area contributed by atoms with Crippen LogP contribution in [0.15, 0.2) is 53.7 Å². The Hall–Kier alpha value is -3.15. The zero-order valence-electron chi connectivity index (χ0n) is 12.9. The molecule has 0 aliphatic rings. The van der Waals surface area contributed by atoms with Gasteiger partial charge in [0.1, 0.15) is 7.11 Å². The van der Waals surface area contributed by atoms with Crippen molar-refractivity contribution in [3.05, 3.63) is 59.7 Å². The van der Waals surface area contributed by atoms with E-state index < -0.39 is 0 Å². The van der Waals surface area contributed by atoms with Gasteiger partial charge in [-0.3, -0.25) is 9.59 Å². The van der Waals surface area contributed by atoms with Crippen LogP contribution in [0.3, 0.4) is 0 Å². The Labute approximate surface area is 134 Å². The van der Waals surface area contributed by atoms with Crippen molar-refractivity contribution in [2.75, 3.05) is 17.7 Å². The Morgan fingerprint density at radius 1 is 1.04 bits per heavy atom. The second kappa shape index (κ2) is 7.74. The summed E-state index contributed by atoms with van der Waals surface area (Å²) in [4.78, 5) is 27.9. The molecule has 6 nitrogen and oxygen atoms in total. The molecule has 0 saturated carbocycles. The van der Waals surface area contributed by atoms with Crippen LogP contribution in [0.5, 0.6) is 0 Å². The number of anilines is 2. The second-order valence-electron chi connectivity index (χ2n) is 4.76. The van der Waals surface area contributed by atoms with Gasteiger partial charge in [-0.15, -0.1) is 0 Å². The third-order valence-corrected chi connectivity index (χ3v) is 2.92. The highest BCUT2D eigenvalue weighted by atomic mass is 16.6. The first-order valence-electron chi connectivity index (χ1n) is 6.94. The van der Waals surface area contributed by atoms with Gasteiger partial charge in [0.2, 0.25) is 5.91 Å². The molecule has 2 amide bonds. The molecule has 2 rings (SSSR count). The highest BCUT2D eigenvalue weighted by molar-refractivity contribution is 6.05. The van der Waals surface area contributed by atoms with Gasteiger partial charge in [-0.05, 0) is 35.9 Å². The van der Waals surface area contributed by atoms with Crippen LogP contribution in [0.1, 0.15) is 22.8 Å². The smallest absolute Gasteiger partial charge is 0.255 e. The maximum absolute atomic E-state index is 12.2. The summed E-state index contributed by atoms with van der Waals surface area (Å²) in [5.41, 5.74) is 2.58. The van der Waals surface area contributed by atoms with E-state index in [2.05, 4.69) is 20.6 Å². The van der Waals surface area contributed by atoms with E-state index in [9.17, 15) is 9.59 Å². The van der Waals surface area contributed by atoms with E-state index >= 15 is 0 Å². The molecule has 0 radical (unpaired) electrons. The monoisotopic (exact) mass is 311 g/mol. The Balaban J connectivity index is 2.06. The first-order valence-corrected chi connectivity index (χ1v) is 6.94. The molecule has 0 bridgehead atoms. The number of amides is 2. The highest BCUT2D eigenvalue weighted by Crippen LogP contribution is 2.16. The van der Waals surface area contributed by atoms with Crippen LogP contribution in [0, 0.1) is 0 Å². The number of hydrogen-bond donors (Lipinski definition) is 2. The van der Waals surface area contributed by atoms with Gasteiger partial charge in [0, 0.05) is 23.9 Å². The maximum Gasteiger partial charge on any atom is 0.255 e. The van der Waals surface area contributed by atoms with E-state index in [1.165, 1.54) is 14.0 Å². The first kappa shape index (κ1) is 16.2. The topological polar surface area (TPSA) is 79.8 Å². The quantitative estimate of drug-likeness (QED) is 0.658. The fraction of sp³-hybridized carbons (Fsp3) is 0.118. The fourth-order valence-electron chi connectivity index (χ4n) is 1.92. The molecule has 0 heterocycles. The molecule has 2 N–H and O–H groups in total. The summed E-state index contributed by atoms with van der Waals surface area (Å²) in [6, 6.07) is 13.9. The van der Waals surface area contributed by atoms with Crippen molar-refractivity contribution in [2.24, 2.45) is 5.16 Å². The lowest BCUT2D eigenvalue weighted by molar-refractivity contribution is -0.114. The Morgan fingerprint density at radius 2 is 1.70 bits per heavy atom. The minimum atomic E-state index is -0.236. The molecule has 0 aromatic heterocycles. The summed E-state index contributed by atoms with van der Waals surface area (Å²) in [5, 5.41) is 9.11. The van der Waals surface area contributed by atoms with Crippen molar-refractivity contribution in [3.63, 3.8) is 0 Å². The summed E-state index contributed by atoms with van der Waals surface area (Å²) in [7, 11) is 1.47. The predicted octanol–water partition coefficient (Wildman–Crippen LogP) is 2.88. The number of oxime groups is 1. The molecule has 0 aliphatic carbocycles. The molecule has 0 atom stereocenters. The van der Waals surface area contributed by atoms with Gasteiger partial charge >= 0.3 is 0 Å². The molecule has 118 valence electrons. The third-order valence-electron chi connectivity index (χ3n) is 2.92. The van der Waals surface area contributed by atoms with Crippen molar-refractivity contribution in [3.8, 4) is 0 Å². The summed E-state index contributed by atoms with van der Waals surface area (Å²) in [6.45, 7) is 1.43. The molecule has 0 spiro atoms. The fourth-order valence-corrected chi connectivity index (χ4v) is 1.92. The average Bonchev–Trinajstić information content (AvgIpc) is 2.53. The number of carbonyl (C=O) groups is 2. The predicted molar refractivity (Wildman–Crippen MR) is 89.7 cm³/mol. The van der Waals surface area contributed by atoms with Gasteiger partial charge in [-0.25, -0.2) is 0 Å². The van der Waals surface area contributed by atoms with Crippen LogP contribution < -0.4 is 10.6 Å². The SMILES string of the molecule is CO/N=C/c1ccc(C(=O)Nc2cccc(NC(C)=O)c2)cc1. The molecule has 2 aromatic rings. The minimum Gasteiger partial charge on any atom is -0.399 e. The standard InChI is InChI=1S/C17H17N3O3/c1-12(21)19-15-4-3-5-16(10-15)20-17(22)14-8-6-13(7-9-14)11-18-23-2/h3-11H,1-2H3,(H,19,21)(H,20,22)/b18-11+. The first-order chi connectivity index (χ1) is 11.1. The van der Waals surface area contributed by atoms with Crippen molar-refractivity contribution < 1.29 is 14.4 Å². The van der Waals surface area contributed by atoms with Crippen LogP contribution in [0.4, 0.5) is 11.4 Å². The average molecular weight is 311 g/mol. The van der Waals surface area contributed by atoms with Crippen LogP contribution in [-0.2, 0) is 9.63 Å². The minimum absolute atomic E-state index is 0.165. The molecule has 0 unspecified atom stereocenters. The summed E-state index contributed by atoms with van der Waals surface area (Å²) in [6.07, 6.45) is 1.55. The molecular weight excluding hydrogens is 294 g/mol. The van der Waals surface area contributed by atoms with E-state index in [1.54, 1.807) is 54.7 Å². The van der Waals surface area contributed by atoms with Crippen molar-refractivity contribution in [1.29, 1.82) is 0 Å². The third kappa shape index (κ3) is 4.96. The summed E-state index contributed by atoms with van der Waals surface area (Å²) >= 11 is 0. The lowest BCUT2D eigenvalue weighted by Crippen LogP contribution is -2.12. The van der Waals surface area contributed by atoms with E-state index in [-0.39, 0.29) is 11.8 Å². The molecule has 2 aromatic carbocycles. The van der Waals surface area contributed by atoms with Gasteiger partial charge in [0.25, 0.3) is 5.91 Å². The number of carbonyl (C=O) groups excluding carboxylic acids is 2. The second-order valence-corrected chi connectivity index (χ2v) is 4.76. The van der Waals surface area contributed by atoms with Crippen LogP contribution >= 0.6 is 0 Å². The Kier molecular flexibility index (Phi) is 5.46. The molecule has 0 aliphatic heterocycles. The lowest BCUT2D eigenvalue weighted by atomic mass is 10.1. The van der Waals surface area contributed by atoms with Gasteiger partial charge in [0.15, 0.2) is 0 Å². The van der Waals surface area contributed by atoms with E-state index in [1.807, 2.05) is 0 Å². The largest absolute Gasteiger partial charge is 0.399 e. The summed E-state index contributed by atoms with van der Waals surface area (Å²) in [5.74, 6) is -0.401. The number of hydrogen-bond acceptors (Lipinski definition) is 4. The van der Waals surface area contributed by atoms with E-state index in [0.29, 0.717) is 16.9 Å². The Bertz CT molecular complexity index is 724. The van der Waals surface area contributed by atoms with Crippen molar-refractivity contribution >= 4 is 29.4 Å². The maximum atomic E-state index is 12.2. The Morgan fingerprint density at radius 3 is 2.30 bits per heavy atom. The summed E-state index contributed by atoms with van der Waals surface area (Å²) < 4.78 is 0. The highest BCUT2D eigenvalue weighted by Gasteiger charge is 2.06. The van der Waals surface area contributed by atoms with E-state index in [4.69, 9.17) is 0 Å². The lowest BCUT2D eigenvalue weighted by Gasteiger charge is -2.08. The number of benzene rings is 2. The number of nitrogens with zero attached hydrogens (tertiary/aromatic N) is 1. The van der Waals surface area contributed by atoms with Gasteiger partial charge in [-0.2, -0.15) is 0 Å². The van der Waals surface area contributed by atoms with Crippen molar-refractivity contribution in [2.45, 2.75) is 6.92 Å². The normalized spacial score (nSPS) is 10.3. The van der Waals surface area contributed by atoms with Gasteiger partial charge < -0.3 is 15.5 Å². The molecule has 23 heavy (non-hydrogen) atoms. The molecular formula is C17H17N3O3. The van der Waals surface area contributed by atoms with E-state index in [0.717, 1.165) is 5.56 Å². The van der Waals surface area contributed by atoms with Crippen LogP contribution in [0.2, 0.25) is 0 Å². The molecule has 6 heteroatoms.